The van der Waals surface area contributed by atoms with E-state index in [4.69, 9.17) is 9.52 Å². The number of hydrogen-bond acceptors (Lipinski definition) is 4. The van der Waals surface area contributed by atoms with E-state index in [1.807, 2.05) is 6.92 Å². The van der Waals surface area contributed by atoms with Crippen LogP contribution in [-0.4, -0.2) is 25.3 Å². The maximum absolute atomic E-state index is 12.4. The van der Waals surface area contributed by atoms with Gasteiger partial charge < -0.3 is 9.52 Å². The lowest BCUT2D eigenvalue weighted by Crippen LogP contribution is -2.32. The molecule has 0 spiro atoms. The number of aromatic nitrogens is 3. The van der Waals surface area contributed by atoms with Gasteiger partial charge >= 0.3 is 5.97 Å². The van der Waals surface area contributed by atoms with E-state index < -0.39 is 17.6 Å². The molecule has 104 valence electrons. The zero-order valence-electron chi connectivity index (χ0n) is 11.0. The van der Waals surface area contributed by atoms with Crippen molar-refractivity contribution in [2.45, 2.75) is 26.3 Å². The van der Waals surface area contributed by atoms with Crippen molar-refractivity contribution in [3.05, 3.63) is 34.6 Å². The van der Waals surface area contributed by atoms with Gasteiger partial charge in [0.2, 0.25) is 0 Å². The third-order valence-electron chi connectivity index (χ3n) is 3.37. The van der Waals surface area contributed by atoms with Crippen LogP contribution in [0.2, 0.25) is 0 Å². The zero-order chi connectivity index (χ0) is 14.4. The van der Waals surface area contributed by atoms with E-state index in [0.717, 1.165) is 10.2 Å². The van der Waals surface area contributed by atoms with Gasteiger partial charge in [-0.15, -0.1) is 0 Å². The van der Waals surface area contributed by atoms with Crippen LogP contribution < -0.4 is 5.56 Å². The highest BCUT2D eigenvalue weighted by molar-refractivity contribution is 5.82. The maximum Gasteiger partial charge on any atom is 0.328 e. The standard InChI is InChI=1S/C13H13N3O4/c1-3-11-14-16(7(2)13(18)19)12(17)9-6-10-8(15(9)11)4-5-20-10/h4-7H,3H2,1-2H3,(H,18,19)/t7-/m1/s1. The van der Waals surface area contributed by atoms with Crippen LogP contribution in [0.4, 0.5) is 0 Å². The number of carboxylic acids is 1. The topological polar surface area (TPSA) is 89.7 Å². The largest absolute Gasteiger partial charge is 0.480 e. The fourth-order valence-electron chi connectivity index (χ4n) is 2.29. The van der Waals surface area contributed by atoms with Crippen LogP contribution >= 0.6 is 0 Å². The van der Waals surface area contributed by atoms with E-state index in [0.29, 0.717) is 23.3 Å². The summed E-state index contributed by atoms with van der Waals surface area (Å²) in [6.45, 7) is 3.33. The van der Waals surface area contributed by atoms with Gasteiger partial charge in [0.05, 0.1) is 11.8 Å². The molecule has 0 bridgehead atoms. The third-order valence-corrected chi connectivity index (χ3v) is 3.37. The molecule has 0 aliphatic carbocycles. The van der Waals surface area contributed by atoms with Crippen molar-refractivity contribution in [2.75, 3.05) is 0 Å². The smallest absolute Gasteiger partial charge is 0.328 e. The highest BCUT2D eigenvalue weighted by atomic mass is 16.4. The van der Waals surface area contributed by atoms with Gasteiger partial charge in [-0.2, -0.15) is 5.10 Å². The van der Waals surface area contributed by atoms with Gasteiger partial charge in [-0.05, 0) is 6.92 Å². The number of aliphatic carboxylic acids is 1. The summed E-state index contributed by atoms with van der Waals surface area (Å²) in [4.78, 5) is 23.5. The summed E-state index contributed by atoms with van der Waals surface area (Å²) < 4.78 is 8.02. The normalized spacial score (nSPS) is 13.1. The predicted octanol–water partition coefficient (Wildman–Crippen LogP) is 1.45. The molecule has 20 heavy (non-hydrogen) atoms. The molecular formula is C13H13N3O4. The molecule has 0 aromatic carbocycles. The van der Waals surface area contributed by atoms with Crippen molar-refractivity contribution in [1.29, 1.82) is 0 Å². The summed E-state index contributed by atoms with van der Waals surface area (Å²) >= 11 is 0. The summed E-state index contributed by atoms with van der Waals surface area (Å²) in [6, 6.07) is 2.36. The van der Waals surface area contributed by atoms with Gasteiger partial charge in [0.15, 0.2) is 11.6 Å². The van der Waals surface area contributed by atoms with Crippen molar-refractivity contribution in [3.63, 3.8) is 0 Å². The lowest BCUT2D eigenvalue weighted by Gasteiger charge is -2.12. The average Bonchev–Trinajstić information content (AvgIpc) is 2.99. The molecule has 7 nitrogen and oxygen atoms in total. The molecule has 1 N–H and O–H groups in total. The number of nitrogens with zero attached hydrogens (tertiary/aromatic N) is 3. The molecule has 1 atom stereocenters. The minimum Gasteiger partial charge on any atom is -0.480 e. The van der Waals surface area contributed by atoms with E-state index >= 15 is 0 Å². The van der Waals surface area contributed by atoms with Crippen molar-refractivity contribution in [3.8, 4) is 0 Å². The Kier molecular flexibility index (Phi) is 2.63. The molecule has 0 amide bonds. The fourth-order valence-corrected chi connectivity index (χ4v) is 2.29. The number of furan rings is 1. The summed E-state index contributed by atoms with van der Waals surface area (Å²) in [5.41, 5.74) is 1.28. The first-order valence-electron chi connectivity index (χ1n) is 6.27. The van der Waals surface area contributed by atoms with Gasteiger partial charge in [0, 0.05) is 18.6 Å². The average molecular weight is 275 g/mol. The number of hydrogen-bond donors (Lipinski definition) is 1. The Hall–Kier alpha value is -2.57. The molecule has 3 rings (SSSR count). The summed E-state index contributed by atoms with van der Waals surface area (Å²) in [6.07, 6.45) is 2.11. The molecule has 0 saturated heterocycles. The van der Waals surface area contributed by atoms with Crippen LogP contribution in [-0.2, 0) is 11.2 Å². The number of rotatable bonds is 3. The lowest BCUT2D eigenvalue weighted by molar-refractivity contribution is -0.140. The van der Waals surface area contributed by atoms with E-state index in [9.17, 15) is 9.59 Å². The van der Waals surface area contributed by atoms with E-state index in [-0.39, 0.29) is 0 Å². The second kappa shape index (κ2) is 4.22. The molecule has 0 fully saturated rings. The Morgan fingerprint density at radius 1 is 1.50 bits per heavy atom. The summed E-state index contributed by atoms with van der Waals surface area (Å²) in [5, 5.41) is 13.3. The quantitative estimate of drug-likeness (QED) is 0.781. The fraction of sp³-hybridized carbons (Fsp3) is 0.308. The molecular weight excluding hydrogens is 262 g/mol. The minimum absolute atomic E-state index is 0.374. The lowest BCUT2D eigenvalue weighted by atomic mass is 10.3. The first-order valence-corrected chi connectivity index (χ1v) is 6.27. The third kappa shape index (κ3) is 1.56. The second-order valence-corrected chi connectivity index (χ2v) is 4.57. The molecule has 0 radical (unpaired) electrons. The number of carbonyl (C=O) groups is 1. The monoisotopic (exact) mass is 275 g/mol. The Labute approximate surface area is 113 Å². The predicted molar refractivity (Wildman–Crippen MR) is 70.9 cm³/mol. The first kappa shape index (κ1) is 12.5. The molecule has 7 heteroatoms. The van der Waals surface area contributed by atoms with Gasteiger partial charge in [0.1, 0.15) is 11.3 Å². The molecule has 3 aromatic heterocycles. The van der Waals surface area contributed by atoms with Crippen molar-refractivity contribution in [2.24, 2.45) is 0 Å². The van der Waals surface area contributed by atoms with Gasteiger partial charge in [-0.1, -0.05) is 6.92 Å². The minimum atomic E-state index is -1.10. The second-order valence-electron chi connectivity index (χ2n) is 4.57. The summed E-state index contributed by atoms with van der Waals surface area (Å²) in [5.74, 6) is -0.481. The van der Waals surface area contributed by atoms with Crippen LogP contribution in [0.25, 0.3) is 16.6 Å². The van der Waals surface area contributed by atoms with Crippen molar-refractivity contribution in [1.82, 2.24) is 14.2 Å². The van der Waals surface area contributed by atoms with Gasteiger partial charge in [-0.3, -0.25) is 9.20 Å². The maximum atomic E-state index is 12.4. The van der Waals surface area contributed by atoms with Crippen LogP contribution in [0, 0.1) is 0 Å². The van der Waals surface area contributed by atoms with E-state index in [1.165, 1.54) is 6.92 Å². The molecule has 3 heterocycles. The highest BCUT2D eigenvalue weighted by Crippen LogP contribution is 2.21. The molecule has 3 aromatic rings. The first-order chi connectivity index (χ1) is 9.54. The van der Waals surface area contributed by atoms with Crippen molar-refractivity contribution < 1.29 is 14.3 Å². The Morgan fingerprint density at radius 3 is 2.90 bits per heavy atom. The molecule has 0 unspecified atom stereocenters. The SMILES string of the molecule is CCc1nn([C@H](C)C(=O)O)c(=O)c2cc3occc3n12. The molecule has 0 aliphatic rings. The van der Waals surface area contributed by atoms with Crippen LogP contribution in [0.5, 0.6) is 0 Å². The molecule has 0 saturated carbocycles. The number of fused-ring (bicyclic) bond motifs is 3. The van der Waals surface area contributed by atoms with Crippen LogP contribution in [0.1, 0.15) is 25.7 Å². The summed E-state index contributed by atoms with van der Waals surface area (Å²) in [7, 11) is 0. The van der Waals surface area contributed by atoms with Crippen LogP contribution in [0.15, 0.2) is 27.6 Å². The van der Waals surface area contributed by atoms with Crippen LogP contribution in [0.3, 0.4) is 0 Å². The Balaban J connectivity index is 2.44. The van der Waals surface area contributed by atoms with E-state index in [1.54, 1.807) is 22.8 Å². The number of aryl methyl sites for hydroxylation is 1. The number of carboxylic acid groups (broad SMARTS) is 1. The van der Waals surface area contributed by atoms with E-state index in [2.05, 4.69) is 5.10 Å². The van der Waals surface area contributed by atoms with Gasteiger partial charge in [0.25, 0.3) is 5.56 Å². The highest BCUT2D eigenvalue weighted by Gasteiger charge is 2.21. The zero-order valence-corrected chi connectivity index (χ0v) is 11.0. The van der Waals surface area contributed by atoms with Crippen molar-refractivity contribution >= 4 is 22.6 Å². The molecule has 0 aliphatic heterocycles. The Bertz CT molecular complexity index is 871. The van der Waals surface area contributed by atoms with Gasteiger partial charge in [-0.25, -0.2) is 9.48 Å². The Morgan fingerprint density at radius 2 is 2.25 bits per heavy atom.